The summed E-state index contributed by atoms with van der Waals surface area (Å²) < 4.78 is 0. The number of carbonyl (C=O) groups is 1. The van der Waals surface area contributed by atoms with Gasteiger partial charge in [-0.1, -0.05) is 5.92 Å². The molecule has 1 aliphatic heterocycles. The largest absolute Gasteiger partial charge is 0.330 e. The Labute approximate surface area is 79.5 Å². The molecule has 1 aliphatic rings. The molecule has 1 amide bonds. The first-order valence-corrected chi connectivity index (χ1v) is 4.75. The monoisotopic (exact) mass is 180 g/mol. The van der Waals surface area contributed by atoms with Crippen molar-refractivity contribution >= 4 is 5.91 Å². The van der Waals surface area contributed by atoms with E-state index in [2.05, 4.69) is 11.2 Å². The Hall–Kier alpha value is -1.01. The summed E-state index contributed by atoms with van der Waals surface area (Å²) in [5, 5.41) is 3.17. The van der Waals surface area contributed by atoms with Gasteiger partial charge in [-0.3, -0.25) is 4.79 Å². The molecule has 0 aliphatic carbocycles. The first kappa shape index (κ1) is 10.1. The summed E-state index contributed by atoms with van der Waals surface area (Å²) in [6.07, 6.45) is 7.21. The lowest BCUT2D eigenvalue weighted by atomic mass is 10.2. The van der Waals surface area contributed by atoms with Crippen LogP contribution in [0.3, 0.4) is 0 Å². The highest BCUT2D eigenvalue weighted by Gasteiger charge is 2.25. The third-order valence-corrected chi connectivity index (χ3v) is 2.33. The lowest BCUT2D eigenvalue weighted by Crippen LogP contribution is -2.43. The highest BCUT2D eigenvalue weighted by Crippen LogP contribution is 2.08. The lowest BCUT2D eigenvalue weighted by molar-refractivity contribution is -0.132. The van der Waals surface area contributed by atoms with E-state index in [-0.39, 0.29) is 11.9 Å². The molecule has 1 atom stereocenters. The number of amides is 1. The van der Waals surface area contributed by atoms with Gasteiger partial charge in [-0.25, -0.2) is 0 Å². The molecule has 0 radical (unpaired) electrons. The zero-order valence-corrected chi connectivity index (χ0v) is 8.05. The van der Waals surface area contributed by atoms with Gasteiger partial charge in [0.05, 0.1) is 12.6 Å². The van der Waals surface area contributed by atoms with E-state index in [1.165, 1.54) is 0 Å². The summed E-state index contributed by atoms with van der Waals surface area (Å²) in [4.78, 5) is 13.4. The van der Waals surface area contributed by atoms with E-state index in [9.17, 15) is 4.79 Å². The summed E-state index contributed by atoms with van der Waals surface area (Å²) in [5.74, 6) is 2.65. The maximum Gasteiger partial charge on any atom is 0.240 e. The third kappa shape index (κ3) is 2.46. The first-order chi connectivity index (χ1) is 6.29. The molecule has 3 heteroatoms. The van der Waals surface area contributed by atoms with Gasteiger partial charge in [0, 0.05) is 6.54 Å². The van der Waals surface area contributed by atoms with Crippen LogP contribution in [-0.2, 0) is 4.79 Å². The highest BCUT2D eigenvalue weighted by molar-refractivity contribution is 5.82. The van der Waals surface area contributed by atoms with E-state index >= 15 is 0 Å². The minimum absolute atomic E-state index is 0.00769. The van der Waals surface area contributed by atoms with Crippen molar-refractivity contribution in [3.63, 3.8) is 0 Å². The molecule has 1 N–H and O–H groups in total. The topological polar surface area (TPSA) is 32.3 Å². The van der Waals surface area contributed by atoms with Crippen LogP contribution in [0.2, 0.25) is 0 Å². The Kier molecular flexibility index (Phi) is 3.78. The van der Waals surface area contributed by atoms with Gasteiger partial charge in [-0.15, -0.1) is 6.42 Å². The van der Waals surface area contributed by atoms with Crippen molar-refractivity contribution < 1.29 is 4.79 Å². The molecular weight excluding hydrogens is 164 g/mol. The predicted octanol–water partition coefficient (Wildman–Crippen LogP) is 0.220. The Morgan fingerprint density at radius 3 is 3.00 bits per heavy atom. The van der Waals surface area contributed by atoms with Gasteiger partial charge in [-0.05, 0) is 26.3 Å². The summed E-state index contributed by atoms with van der Waals surface area (Å²) in [6, 6.07) is 0.00769. The van der Waals surface area contributed by atoms with Crippen molar-refractivity contribution in [2.45, 2.75) is 25.8 Å². The maximum atomic E-state index is 11.7. The van der Waals surface area contributed by atoms with Crippen molar-refractivity contribution in [1.29, 1.82) is 0 Å². The van der Waals surface area contributed by atoms with Crippen LogP contribution in [0.15, 0.2) is 0 Å². The van der Waals surface area contributed by atoms with Crippen molar-refractivity contribution in [2.75, 3.05) is 19.6 Å². The van der Waals surface area contributed by atoms with E-state index in [1.54, 1.807) is 4.90 Å². The van der Waals surface area contributed by atoms with Crippen LogP contribution >= 0.6 is 0 Å². The maximum absolute atomic E-state index is 11.7. The predicted molar refractivity (Wildman–Crippen MR) is 52.1 cm³/mol. The molecule has 0 aromatic rings. The van der Waals surface area contributed by atoms with Crippen LogP contribution in [0.5, 0.6) is 0 Å². The Balaban J connectivity index is 2.48. The molecule has 1 fully saturated rings. The number of nitrogens with zero attached hydrogens (tertiary/aromatic N) is 1. The SMILES string of the molecule is C#CCN(CC)C(=O)[C@@H]1CCCN1. The minimum Gasteiger partial charge on any atom is -0.330 e. The molecule has 0 spiro atoms. The molecule has 1 heterocycles. The average molecular weight is 180 g/mol. The zero-order chi connectivity index (χ0) is 9.68. The first-order valence-electron chi connectivity index (χ1n) is 4.75. The van der Waals surface area contributed by atoms with Crippen LogP contribution in [0.4, 0.5) is 0 Å². The van der Waals surface area contributed by atoms with Crippen LogP contribution in [0, 0.1) is 12.3 Å². The molecule has 3 nitrogen and oxygen atoms in total. The molecule has 0 bridgehead atoms. The molecule has 1 rings (SSSR count). The molecule has 0 unspecified atom stereocenters. The van der Waals surface area contributed by atoms with E-state index < -0.39 is 0 Å². The van der Waals surface area contributed by atoms with E-state index in [1.807, 2.05) is 6.92 Å². The lowest BCUT2D eigenvalue weighted by Gasteiger charge is -2.21. The molecule has 72 valence electrons. The number of nitrogens with one attached hydrogen (secondary N) is 1. The zero-order valence-electron chi connectivity index (χ0n) is 8.05. The van der Waals surface area contributed by atoms with Gasteiger partial charge in [-0.2, -0.15) is 0 Å². The fraction of sp³-hybridized carbons (Fsp3) is 0.700. The van der Waals surface area contributed by atoms with E-state index in [0.717, 1.165) is 19.4 Å². The number of terminal acetylenes is 1. The van der Waals surface area contributed by atoms with Crippen LogP contribution < -0.4 is 5.32 Å². The van der Waals surface area contributed by atoms with E-state index in [0.29, 0.717) is 13.1 Å². The summed E-state index contributed by atoms with van der Waals surface area (Å²) in [7, 11) is 0. The van der Waals surface area contributed by atoms with Crippen molar-refractivity contribution in [3.05, 3.63) is 0 Å². The average Bonchev–Trinajstić information content (AvgIpc) is 2.65. The van der Waals surface area contributed by atoms with Gasteiger partial charge < -0.3 is 10.2 Å². The summed E-state index contributed by atoms with van der Waals surface area (Å²) in [6.45, 7) is 4.02. The molecule has 0 aromatic carbocycles. The van der Waals surface area contributed by atoms with Crippen molar-refractivity contribution in [3.8, 4) is 12.3 Å². The van der Waals surface area contributed by atoms with Crippen LogP contribution in [0.25, 0.3) is 0 Å². The molecular formula is C10H16N2O. The summed E-state index contributed by atoms with van der Waals surface area (Å²) >= 11 is 0. The summed E-state index contributed by atoms with van der Waals surface area (Å²) in [5.41, 5.74) is 0. The molecule has 0 saturated carbocycles. The minimum atomic E-state index is 0.00769. The normalized spacial score (nSPS) is 21.1. The van der Waals surface area contributed by atoms with Gasteiger partial charge >= 0.3 is 0 Å². The second kappa shape index (κ2) is 4.88. The Morgan fingerprint density at radius 2 is 2.54 bits per heavy atom. The smallest absolute Gasteiger partial charge is 0.240 e. The van der Waals surface area contributed by atoms with E-state index in [4.69, 9.17) is 6.42 Å². The van der Waals surface area contributed by atoms with Gasteiger partial charge in [0.15, 0.2) is 0 Å². The second-order valence-electron chi connectivity index (χ2n) is 3.21. The molecule has 0 aromatic heterocycles. The fourth-order valence-electron chi connectivity index (χ4n) is 1.57. The van der Waals surface area contributed by atoms with Crippen molar-refractivity contribution in [2.24, 2.45) is 0 Å². The fourth-order valence-corrected chi connectivity index (χ4v) is 1.57. The van der Waals surface area contributed by atoms with Crippen LogP contribution in [-0.4, -0.2) is 36.5 Å². The number of hydrogen-bond donors (Lipinski definition) is 1. The molecule has 13 heavy (non-hydrogen) atoms. The standard InChI is InChI=1S/C10H16N2O/c1-3-8-12(4-2)10(13)9-6-5-7-11-9/h1,9,11H,4-8H2,2H3/t9-/m0/s1. The molecule has 1 saturated heterocycles. The number of carbonyl (C=O) groups excluding carboxylic acids is 1. The van der Waals surface area contributed by atoms with Crippen molar-refractivity contribution in [1.82, 2.24) is 10.2 Å². The number of hydrogen-bond acceptors (Lipinski definition) is 2. The number of rotatable bonds is 3. The third-order valence-electron chi connectivity index (χ3n) is 2.33. The van der Waals surface area contributed by atoms with Gasteiger partial charge in [0.2, 0.25) is 5.91 Å². The Bertz CT molecular complexity index is 213. The van der Waals surface area contributed by atoms with Gasteiger partial charge in [0.25, 0.3) is 0 Å². The van der Waals surface area contributed by atoms with Gasteiger partial charge in [0.1, 0.15) is 0 Å². The Morgan fingerprint density at radius 1 is 1.77 bits per heavy atom. The highest BCUT2D eigenvalue weighted by atomic mass is 16.2. The quantitative estimate of drug-likeness (QED) is 0.630. The second-order valence-corrected chi connectivity index (χ2v) is 3.21. The number of likely N-dealkylation sites (N-methyl/N-ethyl adjacent to an activating group) is 1. The van der Waals surface area contributed by atoms with Crippen LogP contribution in [0.1, 0.15) is 19.8 Å².